The molecule has 0 N–H and O–H groups in total. The molecule has 5 rings (SSSR count). The molecule has 2 atom stereocenters. The van der Waals surface area contributed by atoms with Gasteiger partial charge in [0.25, 0.3) is 0 Å². The Labute approximate surface area is 172 Å². The number of hydrogen-bond donors (Lipinski definition) is 0. The summed E-state index contributed by atoms with van der Waals surface area (Å²) in [6.45, 7) is 3.13. The molecule has 6 nitrogen and oxygen atoms in total. The van der Waals surface area contributed by atoms with Crippen molar-refractivity contribution in [1.82, 2.24) is 19.7 Å². The van der Waals surface area contributed by atoms with Gasteiger partial charge in [-0.2, -0.15) is 0 Å². The van der Waals surface area contributed by atoms with Crippen LogP contribution in [-0.2, 0) is 4.79 Å². The number of hydrogen-bond acceptors (Lipinski definition) is 5. The highest BCUT2D eigenvalue weighted by Crippen LogP contribution is 2.41. The maximum Gasteiger partial charge on any atom is 0.233 e. The lowest BCUT2D eigenvalue weighted by atomic mass is 9.78. The Morgan fingerprint density at radius 3 is 2.50 bits per heavy atom. The molecule has 28 heavy (non-hydrogen) atoms. The topological polar surface area (TPSA) is 54.3 Å². The van der Waals surface area contributed by atoms with Crippen LogP contribution in [0.15, 0.2) is 5.16 Å². The van der Waals surface area contributed by atoms with E-state index in [0.29, 0.717) is 23.7 Å². The molecule has 2 saturated carbocycles. The fraction of sp³-hybridized carbons (Fsp3) is 0.857. The lowest BCUT2D eigenvalue weighted by molar-refractivity contribution is -0.134. The molecule has 1 amide bonds. The number of fused-ring (bicyclic) bond motifs is 1. The Hall–Kier alpha value is -1.24. The van der Waals surface area contributed by atoms with E-state index in [1.54, 1.807) is 11.8 Å². The monoisotopic (exact) mass is 403 g/mol. The summed E-state index contributed by atoms with van der Waals surface area (Å²) in [6, 6.07) is 1.04. The first-order chi connectivity index (χ1) is 13.8. The van der Waals surface area contributed by atoms with E-state index in [1.807, 2.05) is 0 Å². The van der Waals surface area contributed by atoms with Crippen molar-refractivity contribution >= 4 is 23.6 Å². The Balaban J connectivity index is 1.26. The van der Waals surface area contributed by atoms with E-state index >= 15 is 0 Å². The van der Waals surface area contributed by atoms with E-state index in [2.05, 4.69) is 24.6 Å². The van der Waals surface area contributed by atoms with Gasteiger partial charge in [0.2, 0.25) is 11.9 Å². The maximum absolute atomic E-state index is 13.1. The van der Waals surface area contributed by atoms with Gasteiger partial charge in [0.05, 0.1) is 5.75 Å². The van der Waals surface area contributed by atoms with E-state index in [1.165, 1.54) is 70.6 Å². The number of likely N-dealkylation sites (tertiary alicyclic amines) is 1. The second-order valence-electron chi connectivity index (χ2n) is 9.06. The summed E-state index contributed by atoms with van der Waals surface area (Å²) in [5.74, 6) is 2.61. The molecule has 1 aromatic heterocycles. The highest BCUT2D eigenvalue weighted by molar-refractivity contribution is 7.99. The van der Waals surface area contributed by atoms with Crippen molar-refractivity contribution < 1.29 is 4.79 Å². The zero-order valence-electron chi connectivity index (χ0n) is 16.9. The van der Waals surface area contributed by atoms with Gasteiger partial charge in [-0.3, -0.25) is 9.36 Å². The van der Waals surface area contributed by atoms with Gasteiger partial charge in [-0.15, -0.1) is 10.2 Å². The molecule has 2 saturated heterocycles. The molecular weight excluding hydrogens is 370 g/mol. The van der Waals surface area contributed by atoms with Gasteiger partial charge in [-0.25, -0.2) is 0 Å². The predicted octanol–water partition coefficient (Wildman–Crippen LogP) is 3.88. The summed E-state index contributed by atoms with van der Waals surface area (Å²) < 4.78 is 2.34. The SMILES string of the molecule is O=C(CSc1nnc(N2CCCCC2)n1C1CC1)N1CCC[C@@H]2CCCC[C@H]21. The Bertz CT molecular complexity index is 695. The first-order valence-electron chi connectivity index (χ1n) is 11.4. The zero-order chi connectivity index (χ0) is 18.9. The van der Waals surface area contributed by atoms with E-state index in [-0.39, 0.29) is 0 Å². The molecule has 2 aliphatic heterocycles. The second kappa shape index (κ2) is 8.25. The third-order valence-electron chi connectivity index (χ3n) is 7.09. The average molecular weight is 404 g/mol. The van der Waals surface area contributed by atoms with E-state index < -0.39 is 0 Å². The first kappa shape index (κ1) is 18.8. The number of anilines is 1. The molecule has 4 fully saturated rings. The number of aromatic nitrogens is 3. The lowest BCUT2D eigenvalue weighted by Crippen LogP contribution is -2.50. The van der Waals surface area contributed by atoms with Crippen molar-refractivity contribution in [2.75, 3.05) is 30.3 Å². The van der Waals surface area contributed by atoms with Gasteiger partial charge < -0.3 is 9.80 Å². The quantitative estimate of drug-likeness (QED) is 0.699. The molecule has 0 unspecified atom stereocenters. The fourth-order valence-electron chi connectivity index (χ4n) is 5.47. The van der Waals surface area contributed by atoms with Crippen LogP contribution in [0.4, 0.5) is 5.95 Å². The van der Waals surface area contributed by atoms with Crippen molar-refractivity contribution in [2.45, 2.75) is 87.9 Å². The number of nitrogens with zero attached hydrogens (tertiary/aromatic N) is 5. The summed E-state index contributed by atoms with van der Waals surface area (Å²) in [5.41, 5.74) is 0. The first-order valence-corrected chi connectivity index (χ1v) is 12.4. The van der Waals surface area contributed by atoms with Gasteiger partial charge in [-0.05, 0) is 63.7 Å². The van der Waals surface area contributed by atoms with Crippen LogP contribution in [0.5, 0.6) is 0 Å². The van der Waals surface area contributed by atoms with Crippen LogP contribution < -0.4 is 4.90 Å². The van der Waals surface area contributed by atoms with Gasteiger partial charge in [0, 0.05) is 31.7 Å². The second-order valence-corrected chi connectivity index (χ2v) is 10.0. The molecule has 3 heterocycles. The number of carbonyl (C=O) groups is 1. The normalized spacial score (nSPS) is 28.3. The Morgan fingerprint density at radius 2 is 1.68 bits per heavy atom. The van der Waals surface area contributed by atoms with E-state index in [0.717, 1.165) is 36.7 Å². The molecule has 1 aromatic rings. The van der Waals surface area contributed by atoms with Crippen molar-refractivity contribution in [3.8, 4) is 0 Å². The minimum absolute atomic E-state index is 0.312. The summed E-state index contributed by atoms with van der Waals surface area (Å²) in [6.07, 6.45) is 13.9. The smallest absolute Gasteiger partial charge is 0.233 e. The number of piperidine rings is 2. The van der Waals surface area contributed by atoms with Crippen LogP contribution in [0.1, 0.15) is 76.7 Å². The molecule has 4 aliphatic rings. The fourth-order valence-corrected chi connectivity index (χ4v) is 6.36. The molecule has 0 bridgehead atoms. The summed E-state index contributed by atoms with van der Waals surface area (Å²) in [5, 5.41) is 10.0. The number of rotatable bonds is 5. The molecule has 0 aromatic carbocycles. The molecular formula is C21H33N5OS. The van der Waals surface area contributed by atoms with Gasteiger partial charge in [-0.1, -0.05) is 24.6 Å². The summed E-state index contributed by atoms with van der Waals surface area (Å²) in [7, 11) is 0. The number of carbonyl (C=O) groups excluding carboxylic acids is 1. The largest absolute Gasteiger partial charge is 0.341 e. The van der Waals surface area contributed by atoms with Gasteiger partial charge in [0.15, 0.2) is 5.16 Å². The third kappa shape index (κ3) is 3.79. The van der Waals surface area contributed by atoms with Gasteiger partial charge in [0.1, 0.15) is 0 Å². The molecule has 2 aliphatic carbocycles. The zero-order valence-corrected chi connectivity index (χ0v) is 17.7. The average Bonchev–Trinajstić information content (AvgIpc) is 3.51. The van der Waals surface area contributed by atoms with Crippen LogP contribution in [0, 0.1) is 5.92 Å². The van der Waals surface area contributed by atoms with Crippen molar-refractivity contribution in [1.29, 1.82) is 0 Å². The molecule has 0 spiro atoms. The van der Waals surface area contributed by atoms with Gasteiger partial charge >= 0.3 is 0 Å². The highest BCUT2D eigenvalue weighted by atomic mass is 32.2. The van der Waals surface area contributed by atoms with E-state index in [4.69, 9.17) is 0 Å². The highest BCUT2D eigenvalue weighted by Gasteiger charge is 2.36. The van der Waals surface area contributed by atoms with Crippen molar-refractivity contribution in [3.05, 3.63) is 0 Å². The molecule has 0 radical (unpaired) electrons. The van der Waals surface area contributed by atoms with Crippen LogP contribution in [-0.4, -0.2) is 57.0 Å². The maximum atomic E-state index is 13.1. The predicted molar refractivity (Wildman–Crippen MR) is 112 cm³/mol. The number of thioether (sulfide) groups is 1. The summed E-state index contributed by atoms with van der Waals surface area (Å²) >= 11 is 1.61. The summed E-state index contributed by atoms with van der Waals surface area (Å²) in [4.78, 5) is 17.7. The minimum Gasteiger partial charge on any atom is -0.341 e. The van der Waals surface area contributed by atoms with Crippen molar-refractivity contribution in [2.24, 2.45) is 5.92 Å². The minimum atomic E-state index is 0.312. The third-order valence-corrected chi connectivity index (χ3v) is 8.01. The molecule has 154 valence electrons. The van der Waals surface area contributed by atoms with Crippen LogP contribution in [0.2, 0.25) is 0 Å². The van der Waals surface area contributed by atoms with Crippen molar-refractivity contribution in [3.63, 3.8) is 0 Å². The standard InChI is InChI=1S/C21H33N5OS/c27-19(25-14-6-8-16-7-2-3-9-18(16)25)15-28-21-23-22-20(26(21)17-10-11-17)24-12-4-1-5-13-24/h16-18H,1-15H2/t16-,18+/m0/s1. The van der Waals surface area contributed by atoms with E-state index in [9.17, 15) is 4.79 Å². The Kier molecular flexibility index (Phi) is 5.53. The number of amides is 1. The Morgan fingerprint density at radius 1 is 0.893 bits per heavy atom. The lowest BCUT2D eigenvalue weighted by Gasteiger charge is -2.44. The van der Waals surface area contributed by atoms with Crippen LogP contribution >= 0.6 is 11.8 Å². The van der Waals surface area contributed by atoms with Crippen LogP contribution in [0.3, 0.4) is 0 Å². The molecule has 7 heteroatoms. The van der Waals surface area contributed by atoms with Crippen LogP contribution in [0.25, 0.3) is 0 Å².